The molecule has 2 aromatic rings. The Morgan fingerprint density at radius 2 is 1.96 bits per heavy atom. The molecule has 25 heavy (non-hydrogen) atoms. The second kappa shape index (κ2) is 6.84. The van der Waals surface area contributed by atoms with Crippen LogP contribution in [0.4, 0.5) is 0 Å². The Balaban J connectivity index is 2.04. The molecule has 0 radical (unpaired) electrons. The molecule has 2 atom stereocenters. The molecule has 0 fully saturated rings. The van der Waals surface area contributed by atoms with Gasteiger partial charge >= 0.3 is 11.7 Å². The molecule has 0 spiro atoms. The average molecular weight is 346 g/mol. The van der Waals surface area contributed by atoms with Crippen molar-refractivity contribution in [3.63, 3.8) is 0 Å². The number of esters is 1. The van der Waals surface area contributed by atoms with Crippen LogP contribution in [0, 0.1) is 5.92 Å². The van der Waals surface area contributed by atoms with Crippen molar-refractivity contribution in [3.05, 3.63) is 56.2 Å². The van der Waals surface area contributed by atoms with Crippen LogP contribution in [0.1, 0.15) is 24.2 Å². The van der Waals surface area contributed by atoms with Crippen molar-refractivity contribution in [1.82, 2.24) is 9.97 Å². The van der Waals surface area contributed by atoms with Crippen LogP contribution in [-0.2, 0) is 16.0 Å². The van der Waals surface area contributed by atoms with E-state index in [1.165, 1.54) is 0 Å². The fourth-order valence-electron chi connectivity index (χ4n) is 2.86. The minimum absolute atomic E-state index is 0.0788. The van der Waals surface area contributed by atoms with E-state index in [-0.39, 0.29) is 24.5 Å². The molecule has 0 aliphatic carbocycles. The van der Waals surface area contributed by atoms with Gasteiger partial charge in [0.05, 0.1) is 19.3 Å². The average Bonchev–Trinajstić information content (AvgIpc) is 2.61. The highest BCUT2D eigenvalue weighted by Gasteiger charge is 2.39. The lowest BCUT2D eigenvalue weighted by molar-refractivity contribution is -0.152. The molecule has 0 unspecified atom stereocenters. The number of carbonyl (C=O) groups excluding carboxylic acids is 1. The van der Waals surface area contributed by atoms with Gasteiger partial charge in [-0.25, -0.2) is 4.79 Å². The topological polar surface area (TPSA) is 110 Å². The van der Waals surface area contributed by atoms with Crippen LogP contribution in [0.2, 0.25) is 0 Å². The molecule has 132 valence electrons. The molecular weight excluding hydrogens is 328 g/mol. The van der Waals surface area contributed by atoms with E-state index in [9.17, 15) is 14.4 Å². The Kier molecular flexibility index (Phi) is 4.60. The molecule has 1 aliphatic heterocycles. The molecule has 2 N–H and O–H groups in total. The number of fused-ring (bicyclic) bond motifs is 1. The van der Waals surface area contributed by atoms with Crippen LogP contribution in [0.25, 0.3) is 0 Å². The number of H-pyrrole nitrogens is 2. The summed E-state index contributed by atoms with van der Waals surface area (Å²) < 4.78 is 16.1. The van der Waals surface area contributed by atoms with E-state index in [1.54, 1.807) is 38.3 Å². The number of ether oxygens (including phenoxy) is 3. The minimum Gasteiger partial charge on any atom is -0.497 e. The van der Waals surface area contributed by atoms with E-state index in [1.807, 2.05) is 0 Å². The van der Waals surface area contributed by atoms with Gasteiger partial charge in [0.1, 0.15) is 17.8 Å². The van der Waals surface area contributed by atoms with Gasteiger partial charge in [0.2, 0.25) is 5.88 Å². The third-order valence-corrected chi connectivity index (χ3v) is 4.07. The quantitative estimate of drug-likeness (QED) is 0.797. The number of aromatic amines is 2. The van der Waals surface area contributed by atoms with Gasteiger partial charge in [-0.05, 0) is 24.6 Å². The van der Waals surface area contributed by atoms with Gasteiger partial charge in [0, 0.05) is 6.42 Å². The van der Waals surface area contributed by atoms with E-state index >= 15 is 0 Å². The van der Waals surface area contributed by atoms with Gasteiger partial charge in [-0.2, -0.15) is 0 Å². The fraction of sp³-hybridized carbons (Fsp3) is 0.353. The van der Waals surface area contributed by atoms with Crippen LogP contribution >= 0.6 is 0 Å². The maximum absolute atomic E-state index is 12.4. The highest BCUT2D eigenvalue weighted by Crippen LogP contribution is 2.37. The van der Waals surface area contributed by atoms with Gasteiger partial charge in [-0.1, -0.05) is 12.1 Å². The van der Waals surface area contributed by atoms with Crippen LogP contribution < -0.4 is 20.7 Å². The predicted molar refractivity (Wildman–Crippen MR) is 87.9 cm³/mol. The molecule has 8 heteroatoms. The molecule has 3 rings (SSSR count). The van der Waals surface area contributed by atoms with Crippen molar-refractivity contribution < 1.29 is 19.0 Å². The Hall–Kier alpha value is -3.03. The van der Waals surface area contributed by atoms with E-state index in [2.05, 4.69) is 9.97 Å². The van der Waals surface area contributed by atoms with Crippen LogP contribution in [0.15, 0.2) is 33.9 Å². The van der Waals surface area contributed by atoms with Crippen LogP contribution in [0.5, 0.6) is 11.6 Å². The summed E-state index contributed by atoms with van der Waals surface area (Å²) >= 11 is 0. The third kappa shape index (κ3) is 3.28. The number of hydrogen-bond donors (Lipinski definition) is 2. The largest absolute Gasteiger partial charge is 0.497 e. The van der Waals surface area contributed by atoms with Crippen LogP contribution in [0.3, 0.4) is 0 Å². The predicted octanol–water partition coefficient (Wildman–Crippen LogP) is 0.927. The SMILES string of the molecule is CCOC(=O)[C@H]1Cc2c([nH]c(=O)[nH]c2=O)O[C@H]1c1ccc(OC)cc1. The van der Waals surface area contributed by atoms with Crippen molar-refractivity contribution in [2.45, 2.75) is 19.4 Å². The fourth-order valence-corrected chi connectivity index (χ4v) is 2.86. The molecule has 8 nitrogen and oxygen atoms in total. The molecule has 1 aliphatic rings. The maximum atomic E-state index is 12.4. The number of nitrogens with one attached hydrogen (secondary N) is 2. The van der Waals surface area contributed by atoms with Gasteiger partial charge < -0.3 is 14.2 Å². The molecule has 1 aromatic heterocycles. The Morgan fingerprint density at radius 3 is 2.60 bits per heavy atom. The molecular formula is C17H18N2O6. The van der Waals surface area contributed by atoms with Gasteiger partial charge in [0.25, 0.3) is 5.56 Å². The van der Waals surface area contributed by atoms with Crippen molar-refractivity contribution in [2.75, 3.05) is 13.7 Å². The molecule has 0 amide bonds. The summed E-state index contributed by atoms with van der Waals surface area (Å²) in [4.78, 5) is 40.5. The first kappa shape index (κ1) is 16.8. The molecule has 2 heterocycles. The molecule has 1 aromatic carbocycles. The highest BCUT2D eigenvalue weighted by molar-refractivity contribution is 5.74. The first-order chi connectivity index (χ1) is 12.0. The van der Waals surface area contributed by atoms with Crippen molar-refractivity contribution in [2.24, 2.45) is 5.92 Å². The summed E-state index contributed by atoms with van der Waals surface area (Å²) in [5, 5.41) is 0. The summed E-state index contributed by atoms with van der Waals surface area (Å²) in [7, 11) is 1.56. The number of hydrogen-bond acceptors (Lipinski definition) is 6. The van der Waals surface area contributed by atoms with Gasteiger partial charge in [-0.3, -0.25) is 19.6 Å². The van der Waals surface area contributed by atoms with Crippen molar-refractivity contribution in [3.8, 4) is 11.6 Å². The Labute approximate surface area is 142 Å². The number of methoxy groups -OCH3 is 1. The molecule has 0 bridgehead atoms. The smallest absolute Gasteiger partial charge is 0.328 e. The number of aromatic nitrogens is 2. The van der Waals surface area contributed by atoms with Gasteiger partial charge in [-0.15, -0.1) is 0 Å². The Morgan fingerprint density at radius 1 is 1.24 bits per heavy atom. The van der Waals surface area contributed by atoms with Crippen LogP contribution in [-0.4, -0.2) is 29.7 Å². The Bertz CT molecular complexity index is 883. The summed E-state index contributed by atoms with van der Waals surface area (Å²) in [6, 6.07) is 7.03. The second-order valence-electron chi connectivity index (χ2n) is 5.59. The number of carbonyl (C=O) groups is 1. The standard InChI is InChI=1S/C17H18N2O6/c1-3-24-16(21)11-8-12-14(20)18-17(22)19-15(12)25-13(11)9-4-6-10(23-2)7-5-9/h4-7,11,13H,3,8H2,1-2H3,(H2,18,19,20,22)/t11-,13-/m0/s1. The zero-order valence-electron chi connectivity index (χ0n) is 13.8. The summed E-state index contributed by atoms with van der Waals surface area (Å²) in [5.74, 6) is -0.417. The lowest BCUT2D eigenvalue weighted by Crippen LogP contribution is -2.38. The lowest BCUT2D eigenvalue weighted by atomic mass is 9.88. The monoisotopic (exact) mass is 346 g/mol. The summed E-state index contributed by atoms with van der Waals surface area (Å²) in [6.45, 7) is 1.93. The molecule has 0 saturated heterocycles. The molecule has 0 saturated carbocycles. The maximum Gasteiger partial charge on any atom is 0.328 e. The van der Waals surface area contributed by atoms with Crippen molar-refractivity contribution >= 4 is 5.97 Å². The van der Waals surface area contributed by atoms with E-state index in [4.69, 9.17) is 14.2 Å². The van der Waals surface area contributed by atoms with Crippen molar-refractivity contribution in [1.29, 1.82) is 0 Å². The summed E-state index contributed by atoms with van der Waals surface area (Å²) in [5.41, 5.74) is -0.291. The minimum atomic E-state index is -0.701. The second-order valence-corrected chi connectivity index (χ2v) is 5.59. The first-order valence-corrected chi connectivity index (χ1v) is 7.86. The normalized spacial score (nSPS) is 18.8. The van der Waals surface area contributed by atoms with E-state index in [0.29, 0.717) is 11.3 Å². The third-order valence-electron chi connectivity index (χ3n) is 4.07. The summed E-state index contributed by atoms with van der Waals surface area (Å²) in [6.07, 6.45) is -0.577. The number of rotatable bonds is 4. The lowest BCUT2D eigenvalue weighted by Gasteiger charge is -2.31. The zero-order valence-corrected chi connectivity index (χ0v) is 13.8. The zero-order chi connectivity index (χ0) is 18.0. The van der Waals surface area contributed by atoms with E-state index < -0.39 is 29.2 Å². The van der Waals surface area contributed by atoms with Gasteiger partial charge in [0.15, 0.2) is 0 Å². The highest BCUT2D eigenvalue weighted by atomic mass is 16.5. The number of benzene rings is 1. The first-order valence-electron chi connectivity index (χ1n) is 7.86. The van der Waals surface area contributed by atoms with E-state index in [0.717, 1.165) is 0 Å².